The first-order chi connectivity index (χ1) is 16.5. The number of halogens is 1. The van der Waals surface area contributed by atoms with Crippen molar-refractivity contribution in [1.82, 2.24) is 4.90 Å². The minimum atomic E-state index is -0.444. The number of aliphatic hydroxyl groups is 1. The molecular formula is C28H29FN2O3. The minimum Gasteiger partial charge on any atom is -0.497 e. The largest absolute Gasteiger partial charge is 0.497 e. The van der Waals surface area contributed by atoms with Crippen LogP contribution >= 0.6 is 0 Å². The van der Waals surface area contributed by atoms with Crippen LogP contribution in [0, 0.1) is 5.82 Å². The van der Waals surface area contributed by atoms with E-state index in [4.69, 9.17) is 4.74 Å². The van der Waals surface area contributed by atoms with Gasteiger partial charge in [-0.3, -0.25) is 4.79 Å². The number of ether oxygens (including phenoxy) is 1. The van der Waals surface area contributed by atoms with E-state index in [2.05, 4.69) is 16.8 Å². The molecule has 1 aliphatic heterocycles. The SMILES string of the molecule is COc1ccc(/C=C/C(=O)c2cc(-c3ccc(CO)cc3)ccc2N2CCN(C)CC2)c(F)c1. The standard InChI is InChI=1S/C28H29FN2O3/c1-30-13-15-31(16-14-30)27-11-8-23(21-5-3-20(19-32)4-6-21)17-25(27)28(33)12-9-22-7-10-24(34-2)18-26(22)29/h3-12,17-18,32H,13-16,19H2,1-2H3/b12-9+. The molecule has 1 N–H and O–H groups in total. The van der Waals surface area contributed by atoms with Gasteiger partial charge in [-0.2, -0.15) is 0 Å². The highest BCUT2D eigenvalue weighted by molar-refractivity contribution is 6.11. The molecule has 3 aromatic rings. The lowest BCUT2D eigenvalue weighted by atomic mass is 9.97. The number of hydrogen-bond donors (Lipinski definition) is 1. The Morgan fingerprint density at radius 2 is 1.71 bits per heavy atom. The van der Waals surface area contributed by atoms with Gasteiger partial charge in [0, 0.05) is 49.1 Å². The number of allylic oxidation sites excluding steroid dienone is 1. The zero-order valence-corrected chi connectivity index (χ0v) is 19.5. The van der Waals surface area contributed by atoms with Crippen molar-refractivity contribution in [3.05, 3.63) is 89.2 Å². The van der Waals surface area contributed by atoms with Gasteiger partial charge >= 0.3 is 0 Å². The van der Waals surface area contributed by atoms with Crippen molar-refractivity contribution < 1.29 is 19.0 Å². The van der Waals surface area contributed by atoms with Crippen molar-refractivity contribution in [2.45, 2.75) is 6.61 Å². The molecule has 0 aromatic heterocycles. The van der Waals surface area contributed by atoms with Crippen LogP contribution in [0.15, 0.2) is 66.7 Å². The summed E-state index contributed by atoms with van der Waals surface area (Å²) in [5.74, 6) is -0.198. The predicted molar refractivity (Wildman–Crippen MR) is 134 cm³/mol. The Morgan fingerprint density at radius 3 is 2.35 bits per heavy atom. The zero-order chi connectivity index (χ0) is 24.1. The number of ketones is 1. The van der Waals surface area contributed by atoms with E-state index in [1.807, 2.05) is 42.5 Å². The van der Waals surface area contributed by atoms with Crippen molar-refractivity contribution in [1.29, 1.82) is 0 Å². The Morgan fingerprint density at radius 1 is 1.00 bits per heavy atom. The lowest BCUT2D eigenvalue weighted by molar-refractivity contribution is 0.104. The number of carbonyl (C=O) groups excluding carboxylic acids is 1. The average molecular weight is 461 g/mol. The minimum absolute atomic E-state index is 0.0148. The highest BCUT2D eigenvalue weighted by atomic mass is 19.1. The lowest BCUT2D eigenvalue weighted by Gasteiger charge is -2.35. The summed E-state index contributed by atoms with van der Waals surface area (Å²) in [5.41, 5.74) is 4.49. The Hall–Kier alpha value is -3.48. The Bertz CT molecular complexity index is 1180. The molecule has 6 heteroatoms. The van der Waals surface area contributed by atoms with Gasteiger partial charge in [0.25, 0.3) is 0 Å². The van der Waals surface area contributed by atoms with Crippen molar-refractivity contribution in [2.75, 3.05) is 45.2 Å². The number of piperazine rings is 1. The van der Waals surface area contributed by atoms with Crippen LogP contribution in [0.2, 0.25) is 0 Å². The number of rotatable bonds is 7. The first-order valence-corrected chi connectivity index (χ1v) is 11.3. The summed E-state index contributed by atoms with van der Waals surface area (Å²) in [7, 11) is 3.58. The molecule has 1 aliphatic rings. The molecular weight excluding hydrogens is 431 g/mol. The van der Waals surface area contributed by atoms with Crippen molar-refractivity contribution >= 4 is 17.5 Å². The van der Waals surface area contributed by atoms with Gasteiger partial charge in [-0.1, -0.05) is 30.3 Å². The molecule has 1 saturated heterocycles. The van der Waals surface area contributed by atoms with Crippen LogP contribution in [0.3, 0.4) is 0 Å². The summed E-state index contributed by atoms with van der Waals surface area (Å²) >= 11 is 0. The molecule has 1 fully saturated rings. The van der Waals surface area contributed by atoms with E-state index in [1.165, 1.54) is 25.3 Å². The first-order valence-electron chi connectivity index (χ1n) is 11.3. The number of benzene rings is 3. The summed E-state index contributed by atoms with van der Waals surface area (Å²) in [6.07, 6.45) is 2.94. The molecule has 0 bridgehead atoms. The van der Waals surface area contributed by atoms with E-state index >= 15 is 0 Å². The maximum absolute atomic E-state index is 14.4. The summed E-state index contributed by atoms with van der Waals surface area (Å²) in [4.78, 5) is 17.9. The number of nitrogens with zero attached hydrogens (tertiary/aromatic N) is 2. The van der Waals surface area contributed by atoms with Crippen LogP contribution in [0.4, 0.5) is 10.1 Å². The van der Waals surface area contributed by atoms with Gasteiger partial charge < -0.3 is 19.6 Å². The maximum atomic E-state index is 14.4. The monoisotopic (exact) mass is 460 g/mol. The van der Waals surface area contributed by atoms with Crippen LogP contribution in [-0.2, 0) is 6.61 Å². The van der Waals surface area contributed by atoms with E-state index in [0.717, 1.165) is 48.6 Å². The van der Waals surface area contributed by atoms with E-state index in [-0.39, 0.29) is 12.4 Å². The molecule has 4 rings (SSSR count). The highest BCUT2D eigenvalue weighted by Gasteiger charge is 2.20. The number of carbonyl (C=O) groups is 1. The Kier molecular flexibility index (Phi) is 7.40. The number of anilines is 1. The second-order valence-corrected chi connectivity index (χ2v) is 8.46. The van der Waals surface area contributed by atoms with Crippen LogP contribution in [-0.4, -0.2) is 56.1 Å². The number of hydrogen-bond acceptors (Lipinski definition) is 5. The molecule has 0 aliphatic carbocycles. The quantitative estimate of drug-likeness (QED) is 0.411. The van der Waals surface area contributed by atoms with Crippen LogP contribution in [0.5, 0.6) is 5.75 Å². The van der Waals surface area contributed by atoms with E-state index in [0.29, 0.717) is 16.9 Å². The predicted octanol–water partition coefficient (Wildman–Crippen LogP) is 4.64. The van der Waals surface area contributed by atoms with Crippen LogP contribution < -0.4 is 9.64 Å². The fourth-order valence-electron chi connectivity index (χ4n) is 4.06. The molecule has 1 heterocycles. The summed E-state index contributed by atoms with van der Waals surface area (Å²) in [6.45, 7) is 3.49. The van der Waals surface area contributed by atoms with Gasteiger partial charge in [-0.15, -0.1) is 0 Å². The van der Waals surface area contributed by atoms with Gasteiger partial charge in [-0.05, 0) is 60.2 Å². The van der Waals surface area contributed by atoms with Gasteiger partial charge in [0.2, 0.25) is 0 Å². The Balaban J connectivity index is 1.68. The van der Waals surface area contributed by atoms with Gasteiger partial charge in [-0.25, -0.2) is 4.39 Å². The molecule has 176 valence electrons. The molecule has 0 saturated carbocycles. The molecule has 3 aromatic carbocycles. The van der Waals surface area contributed by atoms with E-state index in [9.17, 15) is 14.3 Å². The fraction of sp³-hybridized carbons (Fsp3) is 0.250. The number of aliphatic hydroxyl groups excluding tert-OH is 1. The second kappa shape index (κ2) is 10.6. The molecule has 0 amide bonds. The topological polar surface area (TPSA) is 53.0 Å². The zero-order valence-electron chi connectivity index (χ0n) is 19.5. The normalized spacial score (nSPS) is 14.5. The van der Waals surface area contributed by atoms with Gasteiger partial charge in [0.05, 0.1) is 13.7 Å². The third-order valence-corrected chi connectivity index (χ3v) is 6.20. The maximum Gasteiger partial charge on any atom is 0.187 e. The summed E-state index contributed by atoms with van der Waals surface area (Å²) in [6, 6.07) is 18.1. The van der Waals surface area contributed by atoms with E-state index in [1.54, 1.807) is 12.1 Å². The molecule has 34 heavy (non-hydrogen) atoms. The number of methoxy groups -OCH3 is 1. The van der Waals surface area contributed by atoms with E-state index < -0.39 is 5.82 Å². The molecule has 0 radical (unpaired) electrons. The molecule has 5 nitrogen and oxygen atoms in total. The third kappa shape index (κ3) is 5.35. The van der Waals surface area contributed by atoms with Crippen molar-refractivity contribution in [3.63, 3.8) is 0 Å². The van der Waals surface area contributed by atoms with Crippen LogP contribution in [0.1, 0.15) is 21.5 Å². The summed E-state index contributed by atoms with van der Waals surface area (Å²) in [5, 5.41) is 9.32. The van der Waals surface area contributed by atoms with Gasteiger partial charge in [0.1, 0.15) is 11.6 Å². The second-order valence-electron chi connectivity index (χ2n) is 8.46. The lowest BCUT2D eigenvalue weighted by Crippen LogP contribution is -2.45. The highest BCUT2D eigenvalue weighted by Crippen LogP contribution is 2.30. The first kappa shape index (κ1) is 23.7. The smallest absolute Gasteiger partial charge is 0.187 e. The van der Waals surface area contributed by atoms with Gasteiger partial charge in [0.15, 0.2) is 5.78 Å². The molecule has 0 atom stereocenters. The third-order valence-electron chi connectivity index (χ3n) is 6.20. The molecule has 0 unspecified atom stereocenters. The Labute approximate surface area is 199 Å². The fourth-order valence-corrected chi connectivity index (χ4v) is 4.06. The number of likely N-dealkylation sites (N-methyl/N-ethyl adjacent to an activating group) is 1. The van der Waals surface area contributed by atoms with Crippen LogP contribution in [0.25, 0.3) is 17.2 Å². The average Bonchev–Trinajstić information content (AvgIpc) is 2.88. The van der Waals surface area contributed by atoms with Crippen molar-refractivity contribution in [3.8, 4) is 16.9 Å². The summed E-state index contributed by atoms with van der Waals surface area (Å²) < 4.78 is 19.4. The van der Waals surface area contributed by atoms with Crippen molar-refractivity contribution in [2.24, 2.45) is 0 Å². The molecule has 0 spiro atoms.